The lowest BCUT2D eigenvalue weighted by molar-refractivity contribution is -0.122. The minimum atomic E-state index is -1.02. The molecule has 9 heteroatoms. The maximum atomic E-state index is 13.2. The number of amides is 1. The summed E-state index contributed by atoms with van der Waals surface area (Å²) in [5.41, 5.74) is 1.44. The van der Waals surface area contributed by atoms with Gasteiger partial charge >= 0.3 is 5.97 Å². The number of carbonyl (C=O) groups excluding carboxylic acids is 1. The molecule has 0 saturated heterocycles. The molecule has 0 bridgehead atoms. The highest BCUT2D eigenvalue weighted by atomic mass is 16.5. The molecule has 4 rings (SSSR count). The highest BCUT2D eigenvalue weighted by Gasteiger charge is 2.37. The number of aromatic carboxylic acids is 1. The van der Waals surface area contributed by atoms with Gasteiger partial charge in [-0.15, -0.1) is 0 Å². The zero-order chi connectivity index (χ0) is 23.5. The predicted molar refractivity (Wildman–Crippen MR) is 127 cm³/mol. The summed E-state index contributed by atoms with van der Waals surface area (Å²) < 4.78 is 5.38. The number of aromatic nitrogens is 2. The van der Waals surface area contributed by atoms with E-state index >= 15 is 0 Å². The normalized spacial score (nSPS) is 18.8. The Balaban J connectivity index is 1.74. The molecule has 1 saturated carbocycles. The van der Waals surface area contributed by atoms with Gasteiger partial charge < -0.3 is 25.0 Å². The molecule has 2 heterocycles. The largest absolute Gasteiger partial charge is 0.495 e. The number of methoxy groups -OCH3 is 1. The van der Waals surface area contributed by atoms with E-state index in [1.165, 1.54) is 32.1 Å². The van der Waals surface area contributed by atoms with Crippen molar-refractivity contribution in [3.8, 4) is 5.75 Å². The third-order valence-corrected chi connectivity index (χ3v) is 6.61. The Labute approximate surface area is 193 Å². The van der Waals surface area contributed by atoms with Gasteiger partial charge in [-0.2, -0.15) is 4.98 Å². The predicted octanol–water partition coefficient (Wildman–Crippen LogP) is 4.07. The number of carboxylic acid groups (broad SMARTS) is 1. The Kier molecular flexibility index (Phi) is 6.67. The van der Waals surface area contributed by atoms with Gasteiger partial charge in [0.25, 0.3) is 0 Å². The Morgan fingerprint density at radius 3 is 2.67 bits per heavy atom. The molecule has 2 aliphatic rings. The van der Waals surface area contributed by atoms with Gasteiger partial charge in [-0.05, 0) is 44.4 Å². The van der Waals surface area contributed by atoms with Crippen molar-refractivity contribution < 1.29 is 19.4 Å². The molecule has 0 spiro atoms. The van der Waals surface area contributed by atoms with Gasteiger partial charge in [-0.25, -0.2) is 9.78 Å². The molecule has 1 fully saturated rings. The molecule has 1 aliphatic heterocycles. The number of anilines is 4. The Morgan fingerprint density at radius 2 is 2.03 bits per heavy atom. The number of nitrogens with one attached hydrogen (secondary N) is 1. The molecule has 176 valence electrons. The topological polar surface area (TPSA) is 108 Å². The summed E-state index contributed by atoms with van der Waals surface area (Å²) in [4.78, 5) is 38.0. The molecule has 1 aromatic heterocycles. The minimum Gasteiger partial charge on any atom is -0.495 e. The van der Waals surface area contributed by atoms with E-state index in [1.54, 1.807) is 17.2 Å². The average Bonchev–Trinajstić information content (AvgIpc) is 3.32. The van der Waals surface area contributed by atoms with E-state index in [9.17, 15) is 14.7 Å². The van der Waals surface area contributed by atoms with E-state index in [1.807, 2.05) is 6.92 Å². The molecule has 1 aliphatic carbocycles. The summed E-state index contributed by atoms with van der Waals surface area (Å²) >= 11 is 0. The third-order valence-electron chi connectivity index (χ3n) is 6.61. The maximum Gasteiger partial charge on any atom is 0.335 e. The first-order valence-electron chi connectivity index (χ1n) is 11.6. The van der Waals surface area contributed by atoms with Crippen molar-refractivity contribution >= 4 is 35.0 Å². The highest BCUT2D eigenvalue weighted by Crippen LogP contribution is 2.38. The maximum absolute atomic E-state index is 13.2. The van der Waals surface area contributed by atoms with Gasteiger partial charge in [-0.3, -0.25) is 4.79 Å². The zero-order valence-electron chi connectivity index (χ0n) is 19.4. The molecule has 33 heavy (non-hydrogen) atoms. The number of benzene rings is 1. The molecule has 9 nitrogen and oxygen atoms in total. The second-order valence-corrected chi connectivity index (χ2v) is 8.53. The SMILES string of the molecule is CCC1CN(C2CCCC2)c2nc(Nc3ccc(C(=O)O)cc3OC)ncc2N(CC)C1=O. The van der Waals surface area contributed by atoms with Crippen molar-refractivity contribution in [3.63, 3.8) is 0 Å². The second-order valence-electron chi connectivity index (χ2n) is 8.53. The van der Waals surface area contributed by atoms with Crippen LogP contribution in [0, 0.1) is 5.92 Å². The van der Waals surface area contributed by atoms with Crippen LogP contribution < -0.4 is 19.9 Å². The molecule has 2 aromatic rings. The van der Waals surface area contributed by atoms with Crippen LogP contribution in [0.4, 0.5) is 23.1 Å². The molecule has 1 atom stereocenters. The van der Waals surface area contributed by atoms with Gasteiger partial charge in [0.2, 0.25) is 11.9 Å². The van der Waals surface area contributed by atoms with Crippen LogP contribution in [-0.2, 0) is 4.79 Å². The van der Waals surface area contributed by atoms with Gasteiger partial charge in [0, 0.05) is 19.1 Å². The van der Waals surface area contributed by atoms with E-state index in [-0.39, 0.29) is 17.4 Å². The zero-order valence-corrected chi connectivity index (χ0v) is 19.4. The fourth-order valence-corrected chi connectivity index (χ4v) is 4.79. The molecule has 1 amide bonds. The Bertz CT molecular complexity index is 1040. The first kappa shape index (κ1) is 22.8. The highest BCUT2D eigenvalue weighted by molar-refractivity contribution is 5.99. The van der Waals surface area contributed by atoms with Crippen molar-refractivity contribution in [3.05, 3.63) is 30.0 Å². The fourth-order valence-electron chi connectivity index (χ4n) is 4.79. The summed E-state index contributed by atoms with van der Waals surface area (Å²) in [5.74, 6) is 0.542. The second kappa shape index (κ2) is 9.64. The summed E-state index contributed by atoms with van der Waals surface area (Å²) in [6.07, 6.45) is 7.04. The number of rotatable bonds is 7. The number of hydrogen-bond donors (Lipinski definition) is 2. The number of ether oxygens (including phenoxy) is 1. The average molecular weight is 454 g/mol. The number of fused-ring (bicyclic) bond motifs is 1. The van der Waals surface area contributed by atoms with Crippen LogP contribution >= 0.6 is 0 Å². The number of hydrogen-bond acceptors (Lipinski definition) is 7. The standard InChI is InChI=1S/C24H31N5O4/c1-4-15-14-29(17-8-6-7-9-17)21-19(28(5-2)22(15)30)13-25-24(27-21)26-18-11-10-16(23(31)32)12-20(18)33-3/h10-13,15,17H,4-9,14H2,1-3H3,(H,31,32)(H,25,26,27). The van der Waals surface area contributed by atoms with Crippen molar-refractivity contribution in [2.24, 2.45) is 5.92 Å². The van der Waals surface area contributed by atoms with Crippen molar-refractivity contribution in [1.82, 2.24) is 9.97 Å². The lowest BCUT2D eigenvalue weighted by atomic mass is 10.0. The summed E-state index contributed by atoms with van der Waals surface area (Å²) in [6, 6.07) is 4.96. The summed E-state index contributed by atoms with van der Waals surface area (Å²) in [7, 11) is 1.49. The van der Waals surface area contributed by atoms with Gasteiger partial charge in [0.1, 0.15) is 11.4 Å². The van der Waals surface area contributed by atoms with Crippen LogP contribution in [0.25, 0.3) is 0 Å². The van der Waals surface area contributed by atoms with Gasteiger partial charge in [0.05, 0.1) is 30.5 Å². The summed E-state index contributed by atoms with van der Waals surface area (Å²) in [5, 5.41) is 12.4. The van der Waals surface area contributed by atoms with Crippen LogP contribution in [0.3, 0.4) is 0 Å². The fraction of sp³-hybridized carbons (Fsp3) is 0.500. The van der Waals surface area contributed by atoms with Gasteiger partial charge in [0.15, 0.2) is 5.82 Å². The van der Waals surface area contributed by atoms with E-state index in [0.29, 0.717) is 36.5 Å². The van der Waals surface area contributed by atoms with Crippen LogP contribution in [0.1, 0.15) is 56.3 Å². The quantitative estimate of drug-likeness (QED) is 0.646. The van der Waals surface area contributed by atoms with Crippen molar-refractivity contribution in [2.75, 3.05) is 35.3 Å². The van der Waals surface area contributed by atoms with E-state index < -0.39 is 5.97 Å². The molecular weight excluding hydrogens is 422 g/mol. The molecule has 0 radical (unpaired) electrons. The number of carbonyl (C=O) groups is 2. The van der Waals surface area contributed by atoms with E-state index in [4.69, 9.17) is 9.72 Å². The first-order valence-corrected chi connectivity index (χ1v) is 11.6. The number of nitrogens with zero attached hydrogens (tertiary/aromatic N) is 4. The minimum absolute atomic E-state index is 0.0835. The van der Waals surface area contributed by atoms with Crippen LogP contribution in [-0.4, -0.2) is 53.2 Å². The smallest absolute Gasteiger partial charge is 0.335 e. The van der Waals surface area contributed by atoms with Crippen molar-refractivity contribution in [1.29, 1.82) is 0 Å². The van der Waals surface area contributed by atoms with Crippen molar-refractivity contribution in [2.45, 2.75) is 52.0 Å². The van der Waals surface area contributed by atoms with Crippen LogP contribution in [0.2, 0.25) is 0 Å². The molecular formula is C24H31N5O4. The molecule has 1 unspecified atom stereocenters. The lowest BCUT2D eigenvalue weighted by Gasteiger charge is -2.31. The van der Waals surface area contributed by atoms with Crippen LogP contribution in [0.5, 0.6) is 5.75 Å². The van der Waals surface area contributed by atoms with E-state index in [0.717, 1.165) is 30.8 Å². The van der Waals surface area contributed by atoms with Gasteiger partial charge in [-0.1, -0.05) is 19.8 Å². The molecule has 2 N–H and O–H groups in total. The Morgan fingerprint density at radius 1 is 1.27 bits per heavy atom. The Hall–Kier alpha value is -3.36. The number of carboxylic acids is 1. The molecule has 1 aromatic carbocycles. The monoisotopic (exact) mass is 453 g/mol. The van der Waals surface area contributed by atoms with E-state index in [2.05, 4.69) is 22.1 Å². The van der Waals surface area contributed by atoms with Crippen LogP contribution in [0.15, 0.2) is 24.4 Å². The lowest BCUT2D eigenvalue weighted by Crippen LogP contribution is -2.40. The first-order chi connectivity index (χ1) is 16.0. The summed E-state index contributed by atoms with van der Waals surface area (Å²) in [6.45, 7) is 5.24. The third kappa shape index (κ3) is 4.44.